The third kappa shape index (κ3) is 3.73. The normalized spacial score (nSPS) is 11.2. The molecule has 0 aliphatic rings. The van der Waals surface area contributed by atoms with Crippen LogP contribution in [-0.2, 0) is 0 Å². The highest BCUT2D eigenvalue weighted by molar-refractivity contribution is 5.99. The number of nitrogens with one attached hydrogen (secondary N) is 1. The van der Waals surface area contributed by atoms with Crippen LogP contribution in [-0.4, -0.2) is 43.2 Å². The van der Waals surface area contributed by atoms with Crippen LogP contribution in [0.3, 0.4) is 0 Å². The molecule has 1 amide bonds. The minimum Gasteiger partial charge on any atom is -0.396 e. The van der Waals surface area contributed by atoms with Crippen molar-refractivity contribution in [2.75, 3.05) is 32.6 Å². The average molecular weight is 278 g/mol. The third-order valence-corrected chi connectivity index (χ3v) is 4.05. The zero-order valence-electron chi connectivity index (χ0n) is 12.9. The Labute approximate surface area is 121 Å². The number of aliphatic hydroxyl groups is 1. The van der Waals surface area contributed by atoms with Crippen molar-refractivity contribution in [1.82, 2.24) is 4.90 Å². The molecule has 0 aliphatic heterocycles. The molecular formula is C16H26N2O2. The number of nitrogens with zero attached hydrogens (tertiary/aromatic N) is 1. The second-order valence-corrected chi connectivity index (χ2v) is 5.46. The maximum Gasteiger partial charge on any atom is 0.255 e. The number of aliphatic hydroxyl groups excluding tert-OH is 1. The van der Waals surface area contributed by atoms with Crippen molar-refractivity contribution in [2.45, 2.75) is 26.7 Å². The van der Waals surface area contributed by atoms with E-state index in [0.717, 1.165) is 18.5 Å². The van der Waals surface area contributed by atoms with E-state index < -0.39 is 0 Å². The molecule has 0 saturated carbocycles. The van der Waals surface area contributed by atoms with Crippen LogP contribution < -0.4 is 5.32 Å². The van der Waals surface area contributed by atoms with Gasteiger partial charge >= 0.3 is 0 Å². The molecule has 112 valence electrons. The molecule has 0 saturated heterocycles. The Bertz CT molecular complexity index is 432. The summed E-state index contributed by atoms with van der Waals surface area (Å²) < 4.78 is 0. The summed E-state index contributed by atoms with van der Waals surface area (Å²) in [6.07, 6.45) is 1.80. The minimum absolute atomic E-state index is 0.0179. The lowest BCUT2D eigenvalue weighted by atomic mass is 9.83. The molecule has 0 aromatic heterocycles. The minimum atomic E-state index is -0.131. The van der Waals surface area contributed by atoms with Gasteiger partial charge in [-0.3, -0.25) is 4.79 Å². The molecule has 1 aromatic carbocycles. The maximum absolute atomic E-state index is 12.1. The van der Waals surface area contributed by atoms with E-state index in [1.165, 1.54) is 0 Å². The first-order valence-electron chi connectivity index (χ1n) is 7.15. The van der Waals surface area contributed by atoms with E-state index in [9.17, 15) is 9.90 Å². The highest BCUT2D eigenvalue weighted by Crippen LogP contribution is 2.27. The molecular weight excluding hydrogens is 252 g/mol. The van der Waals surface area contributed by atoms with Crippen molar-refractivity contribution in [3.8, 4) is 0 Å². The molecule has 4 heteroatoms. The van der Waals surface area contributed by atoms with Crippen LogP contribution in [0.1, 0.15) is 37.0 Å². The fraction of sp³-hybridized carbons (Fsp3) is 0.562. The summed E-state index contributed by atoms with van der Waals surface area (Å²) in [6.45, 7) is 4.97. The monoisotopic (exact) mass is 278 g/mol. The van der Waals surface area contributed by atoms with Gasteiger partial charge in [0.15, 0.2) is 0 Å². The largest absolute Gasteiger partial charge is 0.396 e. The van der Waals surface area contributed by atoms with Crippen molar-refractivity contribution < 1.29 is 9.90 Å². The quantitative estimate of drug-likeness (QED) is 0.806. The lowest BCUT2D eigenvalue weighted by Crippen LogP contribution is -2.33. The van der Waals surface area contributed by atoms with Gasteiger partial charge in [0.25, 0.3) is 5.91 Å². The van der Waals surface area contributed by atoms with Crippen LogP contribution >= 0.6 is 0 Å². The number of amides is 1. The lowest BCUT2D eigenvalue weighted by Gasteiger charge is -2.30. The van der Waals surface area contributed by atoms with Crippen molar-refractivity contribution in [3.05, 3.63) is 29.8 Å². The van der Waals surface area contributed by atoms with Gasteiger partial charge in [0.05, 0.1) is 12.2 Å². The van der Waals surface area contributed by atoms with Crippen LogP contribution in [0.4, 0.5) is 5.69 Å². The highest BCUT2D eigenvalue weighted by atomic mass is 16.3. The number of benzene rings is 1. The maximum atomic E-state index is 12.1. The molecule has 0 unspecified atom stereocenters. The predicted molar refractivity (Wildman–Crippen MR) is 83.1 cm³/mol. The molecule has 0 heterocycles. The molecule has 0 atom stereocenters. The Morgan fingerprint density at radius 2 is 1.85 bits per heavy atom. The second-order valence-electron chi connectivity index (χ2n) is 5.46. The van der Waals surface area contributed by atoms with Crippen LogP contribution in [0.5, 0.6) is 0 Å². The number of anilines is 1. The number of hydrogen-bond donors (Lipinski definition) is 2. The van der Waals surface area contributed by atoms with E-state index in [1.807, 2.05) is 24.3 Å². The van der Waals surface area contributed by atoms with Crippen molar-refractivity contribution in [1.29, 1.82) is 0 Å². The van der Waals surface area contributed by atoms with Crippen LogP contribution in [0.15, 0.2) is 24.3 Å². The first-order chi connectivity index (χ1) is 9.49. The number of carbonyl (C=O) groups is 1. The summed E-state index contributed by atoms with van der Waals surface area (Å²) in [6, 6.07) is 7.50. The predicted octanol–water partition coefficient (Wildman–Crippen LogP) is 2.60. The van der Waals surface area contributed by atoms with Gasteiger partial charge in [0, 0.05) is 31.7 Å². The Morgan fingerprint density at radius 1 is 1.25 bits per heavy atom. The first-order valence-corrected chi connectivity index (χ1v) is 7.15. The summed E-state index contributed by atoms with van der Waals surface area (Å²) in [5.41, 5.74) is 1.36. The number of carbonyl (C=O) groups excluding carboxylic acids is 1. The van der Waals surface area contributed by atoms with Crippen LogP contribution in [0.25, 0.3) is 0 Å². The highest BCUT2D eigenvalue weighted by Gasteiger charge is 2.25. The zero-order chi connectivity index (χ0) is 15.2. The smallest absolute Gasteiger partial charge is 0.255 e. The van der Waals surface area contributed by atoms with E-state index in [1.54, 1.807) is 19.0 Å². The molecule has 1 rings (SSSR count). The summed E-state index contributed by atoms with van der Waals surface area (Å²) in [5, 5.41) is 12.9. The number of para-hydroxylation sites is 1. The topological polar surface area (TPSA) is 52.6 Å². The molecule has 0 radical (unpaired) electrons. The Morgan fingerprint density at radius 3 is 2.35 bits per heavy atom. The molecule has 1 aromatic rings. The van der Waals surface area contributed by atoms with E-state index in [4.69, 9.17) is 0 Å². The molecule has 20 heavy (non-hydrogen) atoms. The first kappa shape index (κ1) is 16.5. The van der Waals surface area contributed by atoms with E-state index in [2.05, 4.69) is 19.2 Å². The number of rotatable bonds is 7. The standard InChI is InChI=1S/C16H26N2O2/c1-5-16(6-2,12-19)11-17-14-10-8-7-9-13(14)15(20)18(3)4/h7-10,17,19H,5-6,11-12H2,1-4H3. The van der Waals surface area contributed by atoms with Gasteiger partial charge in [0.1, 0.15) is 0 Å². The summed E-state index contributed by atoms with van der Waals surface area (Å²) >= 11 is 0. The number of hydrogen-bond acceptors (Lipinski definition) is 3. The molecule has 0 bridgehead atoms. The van der Waals surface area contributed by atoms with Gasteiger partial charge < -0.3 is 15.3 Å². The SMILES string of the molecule is CCC(CC)(CO)CNc1ccccc1C(=O)N(C)C. The molecule has 0 aliphatic carbocycles. The fourth-order valence-corrected chi connectivity index (χ4v) is 2.13. The van der Waals surface area contributed by atoms with Gasteiger partial charge in [-0.25, -0.2) is 0 Å². The van der Waals surface area contributed by atoms with Gasteiger partial charge in [-0.15, -0.1) is 0 Å². The van der Waals surface area contributed by atoms with Crippen LogP contribution in [0.2, 0.25) is 0 Å². The van der Waals surface area contributed by atoms with Crippen LogP contribution in [0, 0.1) is 5.41 Å². The third-order valence-electron chi connectivity index (χ3n) is 4.05. The Balaban J connectivity index is 2.91. The van der Waals surface area contributed by atoms with Crippen molar-refractivity contribution >= 4 is 11.6 Å². The van der Waals surface area contributed by atoms with Crippen molar-refractivity contribution in [2.24, 2.45) is 5.41 Å². The Kier molecular flexibility index (Phi) is 6.02. The van der Waals surface area contributed by atoms with E-state index in [-0.39, 0.29) is 17.9 Å². The lowest BCUT2D eigenvalue weighted by molar-refractivity contribution is 0.0828. The van der Waals surface area contributed by atoms with Crippen molar-refractivity contribution in [3.63, 3.8) is 0 Å². The fourth-order valence-electron chi connectivity index (χ4n) is 2.13. The van der Waals surface area contributed by atoms with E-state index in [0.29, 0.717) is 12.1 Å². The van der Waals surface area contributed by atoms with Gasteiger partial charge in [-0.1, -0.05) is 26.0 Å². The van der Waals surface area contributed by atoms with Gasteiger partial charge in [-0.2, -0.15) is 0 Å². The summed E-state index contributed by atoms with van der Waals surface area (Å²) in [5.74, 6) is -0.0179. The molecule has 2 N–H and O–H groups in total. The zero-order valence-corrected chi connectivity index (χ0v) is 12.9. The summed E-state index contributed by atoms with van der Waals surface area (Å²) in [7, 11) is 3.49. The van der Waals surface area contributed by atoms with Gasteiger partial charge in [-0.05, 0) is 25.0 Å². The van der Waals surface area contributed by atoms with Gasteiger partial charge in [0.2, 0.25) is 0 Å². The Hall–Kier alpha value is -1.55. The molecule has 4 nitrogen and oxygen atoms in total. The van der Waals surface area contributed by atoms with E-state index >= 15 is 0 Å². The molecule has 0 fully saturated rings. The molecule has 0 spiro atoms. The second kappa shape index (κ2) is 7.29. The summed E-state index contributed by atoms with van der Waals surface area (Å²) in [4.78, 5) is 13.7. The average Bonchev–Trinajstić information content (AvgIpc) is 2.49.